The summed E-state index contributed by atoms with van der Waals surface area (Å²) in [4.78, 5) is 2.27. The Morgan fingerprint density at radius 3 is 2.75 bits per heavy atom. The van der Waals surface area contributed by atoms with Gasteiger partial charge in [-0.1, -0.05) is 13.8 Å². The van der Waals surface area contributed by atoms with Crippen LogP contribution in [0.25, 0.3) is 0 Å². The van der Waals surface area contributed by atoms with Gasteiger partial charge < -0.3 is 5.11 Å². The molecular weight excluding hydrogens is 205 g/mol. The van der Waals surface area contributed by atoms with Crippen LogP contribution < -0.4 is 0 Å². The lowest BCUT2D eigenvalue weighted by atomic mass is 9.71. The molecule has 1 saturated heterocycles. The van der Waals surface area contributed by atoms with Crippen molar-refractivity contribution < 1.29 is 9.50 Å². The molecule has 94 valence electrons. The van der Waals surface area contributed by atoms with Gasteiger partial charge in [-0.25, -0.2) is 4.39 Å². The maximum absolute atomic E-state index is 13.4. The molecule has 2 rings (SSSR count). The molecule has 0 aromatic carbocycles. The second-order valence-corrected chi connectivity index (χ2v) is 6.17. The molecule has 1 heterocycles. The predicted molar refractivity (Wildman–Crippen MR) is 63.1 cm³/mol. The SMILES string of the molecule is CC1(C)CCC(O)CC1N1CCCC(F)C1. The highest BCUT2D eigenvalue weighted by Crippen LogP contribution is 2.39. The summed E-state index contributed by atoms with van der Waals surface area (Å²) in [5, 5.41) is 9.79. The third kappa shape index (κ3) is 2.57. The molecule has 1 aliphatic carbocycles. The van der Waals surface area contributed by atoms with Crippen LogP contribution in [-0.4, -0.2) is 41.4 Å². The van der Waals surface area contributed by atoms with E-state index in [1.165, 1.54) is 0 Å². The summed E-state index contributed by atoms with van der Waals surface area (Å²) < 4.78 is 13.4. The smallest absolute Gasteiger partial charge is 0.113 e. The minimum absolute atomic E-state index is 0.182. The van der Waals surface area contributed by atoms with E-state index in [1.807, 2.05) is 0 Å². The van der Waals surface area contributed by atoms with Crippen LogP contribution in [-0.2, 0) is 0 Å². The Labute approximate surface area is 97.8 Å². The van der Waals surface area contributed by atoms with Gasteiger partial charge in [0, 0.05) is 12.6 Å². The van der Waals surface area contributed by atoms with Crippen molar-refractivity contribution in [2.45, 2.75) is 64.3 Å². The van der Waals surface area contributed by atoms with Gasteiger partial charge in [0.15, 0.2) is 0 Å². The molecule has 0 bridgehead atoms. The Morgan fingerprint density at radius 2 is 2.06 bits per heavy atom. The number of aliphatic hydroxyl groups is 1. The summed E-state index contributed by atoms with van der Waals surface area (Å²) in [5.41, 5.74) is 0.219. The number of alkyl halides is 1. The number of aliphatic hydroxyl groups excluding tert-OH is 1. The summed E-state index contributed by atoms with van der Waals surface area (Å²) in [5.74, 6) is 0. The summed E-state index contributed by atoms with van der Waals surface area (Å²) >= 11 is 0. The van der Waals surface area contributed by atoms with Crippen LogP contribution in [0.4, 0.5) is 4.39 Å². The molecule has 2 fully saturated rings. The molecule has 0 spiro atoms. The molecule has 2 aliphatic rings. The number of piperidine rings is 1. The van der Waals surface area contributed by atoms with Crippen LogP contribution >= 0.6 is 0 Å². The van der Waals surface area contributed by atoms with E-state index in [-0.39, 0.29) is 11.5 Å². The van der Waals surface area contributed by atoms with Gasteiger partial charge in [-0.3, -0.25) is 4.90 Å². The summed E-state index contributed by atoms with van der Waals surface area (Å²) in [6.45, 7) is 6.08. The van der Waals surface area contributed by atoms with E-state index in [0.29, 0.717) is 19.0 Å². The van der Waals surface area contributed by atoms with Gasteiger partial charge in [0.1, 0.15) is 6.17 Å². The summed E-state index contributed by atoms with van der Waals surface area (Å²) in [7, 11) is 0. The maximum Gasteiger partial charge on any atom is 0.113 e. The topological polar surface area (TPSA) is 23.5 Å². The zero-order valence-electron chi connectivity index (χ0n) is 10.5. The number of halogens is 1. The highest BCUT2D eigenvalue weighted by molar-refractivity contribution is 4.94. The second-order valence-electron chi connectivity index (χ2n) is 6.17. The summed E-state index contributed by atoms with van der Waals surface area (Å²) in [6, 6.07) is 0.356. The standard InChI is InChI=1S/C13H24FNO/c1-13(2)6-5-11(16)8-12(13)15-7-3-4-10(14)9-15/h10-12,16H,3-9H2,1-2H3. The van der Waals surface area contributed by atoms with Gasteiger partial charge in [0.2, 0.25) is 0 Å². The molecule has 16 heavy (non-hydrogen) atoms. The van der Waals surface area contributed by atoms with Gasteiger partial charge >= 0.3 is 0 Å². The van der Waals surface area contributed by atoms with E-state index in [2.05, 4.69) is 18.7 Å². The normalized spacial score (nSPS) is 40.9. The number of likely N-dealkylation sites (tertiary alicyclic amines) is 1. The van der Waals surface area contributed by atoms with Crippen LogP contribution in [0, 0.1) is 5.41 Å². The molecule has 3 heteroatoms. The molecule has 3 atom stereocenters. The highest BCUT2D eigenvalue weighted by Gasteiger charge is 2.40. The second kappa shape index (κ2) is 4.61. The molecular formula is C13H24FNO. The Bertz CT molecular complexity index is 244. The third-order valence-electron chi connectivity index (χ3n) is 4.36. The number of hydrogen-bond donors (Lipinski definition) is 1. The first-order chi connectivity index (χ1) is 7.49. The van der Waals surface area contributed by atoms with Crippen molar-refractivity contribution in [1.29, 1.82) is 0 Å². The fourth-order valence-corrected chi connectivity index (χ4v) is 3.28. The third-order valence-corrected chi connectivity index (χ3v) is 4.36. The lowest BCUT2D eigenvalue weighted by molar-refractivity contribution is -0.0306. The van der Waals surface area contributed by atoms with Gasteiger partial charge in [-0.15, -0.1) is 0 Å². The lowest BCUT2D eigenvalue weighted by Crippen LogP contribution is -2.53. The molecule has 2 nitrogen and oxygen atoms in total. The quantitative estimate of drug-likeness (QED) is 0.746. The van der Waals surface area contributed by atoms with E-state index in [1.54, 1.807) is 0 Å². The minimum atomic E-state index is -0.663. The summed E-state index contributed by atoms with van der Waals surface area (Å²) in [6.07, 6.45) is 3.60. The largest absolute Gasteiger partial charge is 0.393 e. The van der Waals surface area contributed by atoms with Crippen molar-refractivity contribution in [3.05, 3.63) is 0 Å². The van der Waals surface area contributed by atoms with E-state index in [9.17, 15) is 9.50 Å². The molecule has 0 radical (unpaired) electrons. The molecule has 1 aliphatic heterocycles. The Morgan fingerprint density at radius 1 is 1.31 bits per heavy atom. The van der Waals surface area contributed by atoms with Crippen molar-refractivity contribution in [2.75, 3.05) is 13.1 Å². The number of nitrogens with zero attached hydrogens (tertiary/aromatic N) is 1. The molecule has 0 aromatic rings. The van der Waals surface area contributed by atoms with E-state index < -0.39 is 6.17 Å². The molecule has 3 unspecified atom stereocenters. The minimum Gasteiger partial charge on any atom is -0.393 e. The Kier molecular flexibility index (Phi) is 3.55. The monoisotopic (exact) mass is 229 g/mol. The van der Waals surface area contributed by atoms with Crippen molar-refractivity contribution >= 4 is 0 Å². The van der Waals surface area contributed by atoms with E-state index in [4.69, 9.17) is 0 Å². The van der Waals surface area contributed by atoms with E-state index in [0.717, 1.165) is 32.2 Å². The number of rotatable bonds is 1. The number of hydrogen-bond acceptors (Lipinski definition) is 2. The lowest BCUT2D eigenvalue weighted by Gasteiger charge is -2.48. The van der Waals surface area contributed by atoms with Crippen molar-refractivity contribution in [3.63, 3.8) is 0 Å². The van der Waals surface area contributed by atoms with Gasteiger partial charge in [0.25, 0.3) is 0 Å². The van der Waals surface area contributed by atoms with Gasteiger partial charge in [0.05, 0.1) is 6.10 Å². The van der Waals surface area contributed by atoms with Crippen molar-refractivity contribution in [2.24, 2.45) is 5.41 Å². The van der Waals surface area contributed by atoms with Crippen LogP contribution in [0.5, 0.6) is 0 Å². The van der Waals surface area contributed by atoms with E-state index >= 15 is 0 Å². The molecule has 0 amide bonds. The van der Waals surface area contributed by atoms with Crippen LogP contribution in [0.15, 0.2) is 0 Å². The fraction of sp³-hybridized carbons (Fsp3) is 1.00. The molecule has 1 saturated carbocycles. The first-order valence-corrected chi connectivity index (χ1v) is 6.55. The fourth-order valence-electron chi connectivity index (χ4n) is 3.28. The maximum atomic E-state index is 13.4. The van der Waals surface area contributed by atoms with Crippen LogP contribution in [0.3, 0.4) is 0 Å². The average molecular weight is 229 g/mol. The van der Waals surface area contributed by atoms with Gasteiger partial charge in [-0.2, -0.15) is 0 Å². The van der Waals surface area contributed by atoms with Gasteiger partial charge in [-0.05, 0) is 44.1 Å². The first kappa shape index (κ1) is 12.3. The van der Waals surface area contributed by atoms with Crippen molar-refractivity contribution in [3.8, 4) is 0 Å². The zero-order chi connectivity index (χ0) is 11.8. The Hall–Kier alpha value is -0.150. The zero-order valence-corrected chi connectivity index (χ0v) is 10.5. The Balaban J connectivity index is 2.04. The van der Waals surface area contributed by atoms with Crippen molar-refractivity contribution in [1.82, 2.24) is 4.90 Å². The molecule has 1 N–H and O–H groups in total. The molecule has 0 aromatic heterocycles. The average Bonchev–Trinajstić information content (AvgIpc) is 2.22. The van der Waals surface area contributed by atoms with Crippen LogP contribution in [0.1, 0.15) is 46.0 Å². The first-order valence-electron chi connectivity index (χ1n) is 6.55. The van der Waals surface area contributed by atoms with Crippen LogP contribution in [0.2, 0.25) is 0 Å². The highest BCUT2D eigenvalue weighted by atomic mass is 19.1. The predicted octanol–water partition coefficient (Wildman–Crippen LogP) is 2.36.